The largest absolute Gasteiger partial charge is 0.493 e. The fourth-order valence-corrected chi connectivity index (χ4v) is 6.06. The molecule has 8 nitrogen and oxygen atoms in total. The Balaban J connectivity index is 2.39. The van der Waals surface area contributed by atoms with Gasteiger partial charge in [0.05, 0.1) is 25.9 Å². The van der Waals surface area contributed by atoms with Crippen LogP contribution in [-0.4, -0.2) is 75.1 Å². The Labute approximate surface area is 274 Å². The van der Waals surface area contributed by atoms with Crippen molar-refractivity contribution in [3.63, 3.8) is 0 Å². The number of amides is 1. The van der Waals surface area contributed by atoms with Gasteiger partial charge in [0, 0.05) is 33.4 Å². The maximum absolute atomic E-state index is 13.8. The molecule has 0 radical (unpaired) electrons. The van der Waals surface area contributed by atoms with Crippen LogP contribution in [0.2, 0.25) is 0 Å². The maximum Gasteiger partial charge on any atom is 0.412 e. The fraction of sp³-hybridized carbons (Fsp3) is 0.811. The highest BCUT2D eigenvalue weighted by Crippen LogP contribution is 2.41. The molecule has 0 aromatic heterocycles. The van der Waals surface area contributed by atoms with E-state index in [1.54, 1.807) is 14.2 Å². The lowest BCUT2D eigenvalue weighted by Gasteiger charge is -2.37. The molecule has 1 aromatic rings. The smallest absolute Gasteiger partial charge is 0.412 e. The van der Waals surface area contributed by atoms with E-state index in [2.05, 4.69) is 46.8 Å². The van der Waals surface area contributed by atoms with Crippen molar-refractivity contribution >= 4 is 6.09 Å². The van der Waals surface area contributed by atoms with Crippen LogP contribution in [-0.2, 0) is 25.4 Å². The molecule has 0 bridgehead atoms. The standard InChI is InChI=1S/C37H65NO7/c1-13-14-19-42-25-30(27(4)5)24-33-31(38(37(9,10)44-33)35(39)45-36(6,7)8)23-29(26(2)3)21-28-16-17-32(41-12)34(22-28)43-20-15-18-40-11/h16-17,22,26-27,29-31,33H,13-15,18-21,23-25H2,1-12H3/t29-,30+,31-,33-/m0/s1. The molecule has 0 N–H and O–H groups in total. The van der Waals surface area contributed by atoms with E-state index in [-0.39, 0.29) is 24.2 Å². The van der Waals surface area contributed by atoms with Gasteiger partial charge in [-0.2, -0.15) is 0 Å². The first kappa shape index (κ1) is 39.1. The molecule has 2 rings (SSSR count). The summed E-state index contributed by atoms with van der Waals surface area (Å²) in [5.74, 6) is 2.88. The number of carbonyl (C=O) groups is 1. The van der Waals surface area contributed by atoms with Gasteiger partial charge in [-0.1, -0.05) is 47.1 Å². The van der Waals surface area contributed by atoms with Crippen LogP contribution in [0.1, 0.15) is 107 Å². The summed E-state index contributed by atoms with van der Waals surface area (Å²) in [5, 5.41) is 0. The van der Waals surface area contributed by atoms with Crippen molar-refractivity contribution in [3.8, 4) is 11.5 Å². The molecule has 8 heteroatoms. The first-order valence-electron chi connectivity index (χ1n) is 17.2. The van der Waals surface area contributed by atoms with Crippen molar-refractivity contribution in [3.05, 3.63) is 23.8 Å². The molecule has 0 unspecified atom stereocenters. The molecule has 260 valence electrons. The predicted molar refractivity (Wildman–Crippen MR) is 181 cm³/mol. The van der Waals surface area contributed by atoms with Crippen molar-refractivity contribution in [1.82, 2.24) is 4.90 Å². The highest BCUT2D eigenvalue weighted by atomic mass is 16.6. The SMILES string of the molecule is CCCCOC[C@@H](C[C@@H]1OC(C)(C)N(C(=O)OC(C)(C)C)[C@H]1C[C@H](Cc1ccc(OC)c(OCCCOC)c1)C(C)C)C(C)C. The molecule has 0 aliphatic carbocycles. The summed E-state index contributed by atoms with van der Waals surface area (Å²) in [6.45, 7) is 23.6. The Bertz CT molecular complexity index is 1000. The second kappa shape index (κ2) is 18.3. The van der Waals surface area contributed by atoms with Crippen LogP contribution in [0.4, 0.5) is 4.79 Å². The van der Waals surface area contributed by atoms with Crippen LogP contribution in [0.15, 0.2) is 18.2 Å². The van der Waals surface area contributed by atoms with Gasteiger partial charge in [-0.15, -0.1) is 0 Å². The lowest BCUT2D eigenvalue weighted by molar-refractivity contribution is -0.0851. The number of rotatable bonds is 19. The zero-order valence-electron chi connectivity index (χ0n) is 30.6. The number of unbranched alkanes of at least 4 members (excludes halogenated alkanes) is 1. The minimum absolute atomic E-state index is 0.133. The summed E-state index contributed by atoms with van der Waals surface area (Å²) >= 11 is 0. The summed E-state index contributed by atoms with van der Waals surface area (Å²) in [6, 6.07) is 6.07. The van der Waals surface area contributed by atoms with Gasteiger partial charge in [-0.25, -0.2) is 4.79 Å². The highest BCUT2D eigenvalue weighted by Gasteiger charge is 2.52. The second-order valence-electron chi connectivity index (χ2n) is 14.8. The summed E-state index contributed by atoms with van der Waals surface area (Å²) in [5.41, 5.74) is -0.226. The molecule has 1 fully saturated rings. The zero-order valence-corrected chi connectivity index (χ0v) is 30.6. The normalized spacial score (nSPS) is 19.6. The molecule has 1 aromatic carbocycles. The van der Waals surface area contributed by atoms with E-state index in [0.717, 1.165) is 56.6 Å². The van der Waals surface area contributed by atoms with E-state index in [4.69, 9.17) is 28.4 Å². The Morgan fingerprint density at radius 2 is 1.64 bits per heavy atom. The van der Waals surface area contributed by atoms with E-state index in [9.17, 15) is 4.79 Å². The van der Waals surface area contributed by atoms with E-state index < -0.39 is 11.3 Å². The Morgan fingerprint density at radius 1 is 0.956 bits per heavy atom. The number of benzene rings is 1. The van der Waals surface area contributed by atoms with E-state index in [1.165, 1.54) is 5.56 Å². The third-order valence-electron chi connectivity index (χ3n) is 8.79. The molecular formula is C37H65NO7. The molecule has 4 atom stereocenters. The highest BCUT2D eigenvalue weighted by molar-refractivity contribution is 5.70. The molecule has 1 saturated heterocycles. The van der Waals surface area contributed by atoms with Gasteiger partial charge in [-0.3, -0.25) is 4.90 Å². The molecule has 1 amide bonds. The first-order chi connectivity index (χ1) is 21.1. The van der Waals surface area contributed by atoms with Crippen LogP contribution in [0, 0.1) is 23.7 Å². The van der Waals surface area contributed by atoms with Crippen LogP contribution >= 0.6 is 0 Å². The number of hydrogen-bond donors (Lipinski definition) is 0. The van der Waals surface area contributed by atoms with Gasteiger partial charge >= 0.3 is 6.09 Å². The average Bonchev–Trinajstić information content (AvgIpc) is 3.19. The number of ether oxygens (including phenoxy) is 6. The Morgan fingerprint density at radius 3 is 2.22 bits per heavy atom. The summed E-state index contributed by atoms with van der Waals surface area (Å²) in [6.07, 6.45) is 4.99. The summed E-state index contributed by atoms with van der Waals surface area (Å²) < 4.78 is 35.7. The van der Waals surface area contributed by atoms with E-state index >= 15 is 0 Å². The number of hydrogen-bond acceptors (Lipinski definition) is 7. The van der Waals surface area contributed by atoms with Crippen LogP contribution in [0.5, 0.6) is 11.5 Å². The third kappa shape index (κ3) is 12.6. The monoisotopic (exact) mass is 635 g/mol. The summed E-state index contributed by atoms with van der Waals surface area (Å²) in [7, 11) is 3.36. The first-order valence-corrected chi connectivity index (χ1v) is 17.2. The Hall–Kier alpha value is -2.03. The maximum atomic E-state index is 13.8. The molecule has 1 aliphatic rings. The van der Waals surface area contributed by atoms with Crippen LogP contribution in [0.25, 0.3) is 0 Å². The van der Waals surface area contributed by atoms with Crippen molar-refractivity contribution < 1.29 is 33.2 Å². The minimum Gasteiger partial charge on any atom is -0.493 e. The van der Waals surface area contributed by atoms with Crippen LogP contribution in [0.3, 0.4) is 0 Å². The number of nitrogens with zero attached hydrogens (tertiary/aromatic N) is 1. The van der Waals surface area contributed by atoms with Gasteiger partial charge in [0.1, 0.15) is 11.3 Å². The lowest BCUT2D eigenvalue weighted by Crippen LogP contribution is -2.51. The topological polar surface area (TPSA) is 75.7 Å². The van der Waals surface area contributed by atoms with Gasteiger partial charge in [0.25, 0.3) is 0 Å². The third-order valence-corrected chi connectivity index (χ3v) is 8.79. The van der Waals surface area contributed by atoms with Crippen molar-refractivity contribution in [2.24, 2.45) is 23.7 Å². The van der Waals surface area contributed by atoms with Crippen LogP contribution < -0.4 is 9.47 Å². The van der Waals surface area contributed by atoms with Gasteiger partial charge in [-0.05, 0) is 102 Å². The molecule has 45 heavy (non-hydrogen) atoms. The van der Waals surface area contributed by atoms with E-state index in [1.807, 2.05) is 45.6 Å². The minimum atomic E-state index is -0.798. The number of methoxy groups -OCH3 is 2. The molecular weight excluding hydrogens is 570 g/mol. The summed E-state index contributed by atoms with van der Waals surface area (Å²) in [4.78, 5) is 15.7. The molecule has 1 heterocycles. The van der Waals surface area contributed by atoms with Gasteiger partial charge < -0.3 is 28.4 Å². The average molecular weight is 636 g/mol. The number of carbonyl (C=O) groups excluding carboxylic acids is 1. The van der Waals surface area contributed by atoms with E-state index in [0.29, 0.717) is 37.6 Å². The molecule has 0 saturated carbocycles. The predicted octanol–water partition coefficient (Wildman–Crippen LogP) is 8.53. The second-order valence-corrected chi connectivity index (χ2v) is 14.8. The van der Waals surface area contributed by atoms with Crippen molar-refractivity contribution in [1.29, 1.82) is 0 Å². The quantitative estimate of drug-likeness (QED) is 0.141. The van der Waals surface area contributed by atoms with Gasteiger partial charge in [0.15, 0.2) is 11.5 Å². The van der Waals surface area contributed by atoms with Gasteiger partial charge in [0.2, 0.25) is 0 Å². The van der Waals surface area contributed by atoms with Crippen molar-refractivity contribution in [2.45, 2.75) is 131 Å². The Kier molecular flexibility index (Phi) is 16.0. The molecule has 1 aliphatic heterocycles. The lowest BCUT2D eigenvalue weighted by atomic mass is 9.80. The molecule has 0 spiro atoms. The zero-order chi connectivity index (χ0) is 33.8. The van der Waals surface area contributed by atoms with Crippen molar-refractivity contribution in [2.75, 3.05) is 40.6 Å². The fourth-order valence-electron chi connectivity index (χ4n) is 6.06.